The van der Waals surface area contributed by atoms with E-state index >= 15 is 0 Å². The number of ketones is 1. The molecule has 0 atom stereocenters. The number of rotatable bonds is 3. The van der Waals surface area contributed by atoms with Gasteiger partial charge in [-0.25, -0.2) is 4.98 Å². The number of nitrogens with one attached hydrogen (secondary N) is 1. The molecule has 1 aromatic carbocycles. The summed E-state index contributed by atoms with van der Waals surface area (Å²) in [6, 6.07) is 5.94. The van der Waals surface area contributed by atoms with Crippen LogP contribution in [0.15, 0.2) is 18.2 Å². The molecule has 0 saturated carbocycles. The van der Waals surface area contributed by atoms with E-state index in [4.69, 9.17) is 0 Å². The first-order chi connectivity index (χ1) is 8.04. The van der Waals surface area contributed by atoms with E-state index in [1.165, 1.54) is 18.3 Å². The molecule has 2 aromatic rings. The number of aromatic nitrogens is 1. The van der Waals surface area contributed by atoms with Gasteiger partial charge in [0.05, 0.1) is 16.6 Å². The summed E-state index contributed by atoms with van der Waals surface area (Å²) in [5.41, 5.74) is 2.00. The van der Waals surface area contributed by atoms with E-state index in [1.54, 1.807) is 0 Å². The zero-order chi connectivity index (χ0) is 12.4. The minimum Gasteiger partial charge on any atom is -0.302 e. The summed E-state index contributed by atoms with van der Waals surface area (Å²) in [6.07, 6.45) is -0.102. The molecule has 2 rings (SSSR count). The molecule has 88 valence electrons. The average Bonchev–Trinajstić information content (AvgIpc) is 2.57. The van der Waals surface area contributed by atoms with E-state index in [0.717, 1.165) is 15.8 Å². The minimum atomic E-state index is -0.312. The lowest BCUT2D eigenvalue weighted by molar-refractivity contribution is -0.124. The molecule has 1 aromatic heterocycles. The van der Waals surface area contributed by atoms with Crippen LogP contribution in [-0.2, 0) is 9.59 Å². The van der Waals surface area contributed by atoms with Crippen molar-refractivity contribution in [2.45, 2.75) is 20.3 Å². The standard InChI is InChI=1S/C12H12N2O2S/c1-7-3-4-10-9(5-7)13-12(17-10)14-11(16)6-8(2)15/h3-5H,6H2,1-2H3,(H,13,14,16). The highest BCUT2D eigenvalue weighted by molar-refractivity contribution is 7.22. The second-order valence-corrected chi connectivity index (χ2v) is 4.95. The van der Waals surface area contributed by atoms with Crippen molar-refractivity contribution in [3.63, 3.8) is 0 Å². The largest absolute Gasteiger partial charge is 0.302 e. The van der Waals surface area contributed by atoms with Gasteiger partial charge >= 0.3 is 0 Å². The summed E-state index contributed by atoms with van der Waals surface area (Å²) in [6.45, 7) is 3.38. The third-order valence-corrected chi connectivity index (χ3v) is 3.15. The number of fused-ring (bicyclic) bond motifs is 1. The lowest BCUT2D eigenvalue weighted by Crippen LogP contribution is -2.14. The highest BCUT2D eigenvalue weighted by Crippen LogP contribution is 2.26. The number of Topliss-reactive ketones (excluding diaryl/α,β-unsaturated/α-hetero) is 1. The summed E-state index contributed by atoms with van der Waals surface area (Å²) in [5, 5.41) is 3.17. The number of hydrogen-bond acceptors (Lipinski definition) is 4. The van der Waals surface area contributed by atoms with Crippen LogP contribution in [0.2, 0.25) is 0 Å². The Hall–Kier alpha value is -1.75. The van der Waals surface area contributed by atoms with E-state index in [1.807, 2.05) is 25.1 Å². The van der Waals surface area contributed by atoms with Gasteiger partial charge in [0.25, 0.3) is 0 Å². The predicted molar refractivity (Wildman–Crippen MR) is 68.3 cm³/mol. The van der Waals surface area contributed by atoms with Crippen LogP contribution in [0.1, 0.15) is 18.9 Å². The molecule has 0 radical (unpaired) electrons. The van der Waals surface area contributed by atoms with Gasteiger partial charge in [0.2, 0.25) is 5.91 Å². The molecule has 4 nitrogen and oxygen atoms in total. The Balaban J connectivity index is 2.19. The Morgan fingerprint density at radius 3 is 2.88 bits per heavy atom. The highest BCUT2D eigenvalue weighted by Gasteiger charge is 2.09. The summed E-state index contributed by atoms with van der Waals surface area (Å²) in [5.74, 6) is -0.465. The number of carbonyl (C=O) groups is 2. The summed E-state index contributed by atoms with van der Waals surface area (Å²) < 4.78 is 1.02. The van der Waals surface area contributed by atoms with Gasteiger partial charge in [0, 0.05) is 0 Å². The van der Waals surface area contributed by atoms with Gasteiger partial charge in [0.1, 0.15) is 5.78 Å². The second-order valence-electron chi connectivity index (χ2n) is 3.92. The molecule has 17 heavy (non-hydrogen) atoms. The Bertz CT molecular complexity index is 589. The van der Waals surface area contributed by atoms with Crippen molar-refractivity contribution < 1.29 is 9.59 Å². The van der Waals surface area contributed by atoms with E-state index in [2.05, 4.69) is 10.3 Å². The van der Waals surface area contributed by atoms with Crippen molar-refractivity contribution in [3.05, 3.63) is 23.8 Å². The Morgan fingerprint density at radius 1 is 1.41 bits per heavy atom. The fourth-order valence-corrected chi connectivity index (χ4v) is 2.34. The molecule has 0 aliphatic rings. The summed E-state index contributed by atoms with van der Waals surface area (Å²) in [4.78, 5) is 26.5. The highest BCUT2D eigenvalue weighted by atomic mass is 32.1. The molecule has 1 amide bonds. The predicted octanol–water partition coefficient (Wildman–Crippen LogP) is 2.52. The van der Waals surface area contributed by atoms with E-state index in [9.17, 15) is 9.59 Å². The quantitative estimate of drug-likeness (QED) is 0.849. The van der Waals surface area contributed by atoms with Crippen LogP contribution in [0, 0.1) is 6.92 Å². The second kappa shape index (κ2) is 4.63. The van der Waals surface area contributed by atoms with Crippen molar-refractivity contribution in [1.82, 2.24) is 4.98 Å². The van der Waals surface area contributed by atoms with E-state index < -0.39 is 0 Å². The number of benzene rings is 1. The van der Waals surface area contributed by atoms with Gasteiger partial charge in [-0.3, -0.25) is 9.59 Å². The zero-order valence-corrected chi connectivity index (χ0v) is 10.4. The molecule has 1 N–H and O–H groups in total. The molecule has 0 unspecified atom stereocenters. The van der Waals surface area contributed by atoms with Crippen LogP contribution in [0.5, 0.6) is 0 Å². The number of nitrogens with zero attached hydrogens (tertiary/aromatic N) is 1. The Labute approximate surface area is 103 Å². The van der Waals surface area contributed by atoms with Crippen LogP contribution in [0.3, 0.4) is 0 Å². The number of thiazole rings is 1. The molecule has 0 spiro atoms. The van der Waals surface area contributed by atoms with Gasteiger partial charge < -0.3 is 5.32 Å². The summed E-state index contributed by atoms with van der Waals surface area (Å²) >= 11 is 1.41. The number of hydrogen-bond donors (Lipinski definition) is 1. The van der Waals surface area contributed by atoms with Gasteiger partial charge in [-0.1, -0.05) is 17.4 Å². The number of amides is 1. The number of anilines is 1. The lowest BCUT2D eigenvalue weighted by Gasteiger charge is -1.97. The van der Waals surface area contributed by atoms with Crippen molar-refractivity contribution in [3.8, 4) is 0 Å². The first-order valence-electron chi connectivity index (χ1n) is 5.21. The van der Waals surface area contributed by atoms with Crippen molar-refractivity contribution in [2.24, 2.45) is 0 Å². The third-order valence-electron chi connectivity index (χ3n) is 2.20. The third kappa shape index (κ3) is 2.88. The molecule has 5 heteroatoms. The fraction of sp³-hybridized carbons (Fsp3) is 0.250. The smallest absolute Gasteiger partial charge is 0.233 e. The van der Waals surface area contributed by atoms with Gasteiger partial charge in [-0.2, -0.15) is 0 Å². The molecular weight excluding hydrogens is 236 g/mol. The number of aryl methyl sites for hydroxylation is 1. The summed E-state index contributed by atoms with van der Waals surface area (Å²) in [7, 11) is 0. The molecule has 0 fully saturated rings. The Kier molecular flexibility index (Phi) is 3.19. The molecular formula is C12H12N2O2S. The molecule has 0 aliphatic carbocycles. The molecule has 0 aliphatic heterocycles. The lowest BCUT2D eigenvalue weighted by atomic mass is 10.2. The van der Waals surface area contributed by atoms with Crippen LogP contribution < -0.4 is 5.32 Å². The normalized spacial score (nSPS) is 10.5. The van der Waals surface area contributed by atoms with Crippen LogP contribution >= 0.6 is 11.3 Å². The van der Waals surface area contributed by atoms with Gasteiger partial charge in [-0.05, 0) is 31.5 Å². The molecule has 0 saturated heterocycles. The maximum absolute atomic E-state index is 11.4. The molecule has 0 bridgehead atoms. The average molecular weight is 248 g/mol. The first kappa shape index (κ1) is 11.7. The van der Waals surface area contributed by atoms with Crippen LogP contribution in [0.25, 0.3) is 10.2 Å². The monoisotopic (exact) mass is 248 g/mol. The van der Waals surface area contributed by atoms with Gasteiger partial charge in [0.15, 0.2) is 5.13 Å². The zero-order valence-electron chi connectivity index (χ0n) is 9.61. The van der Waals surface area contributed by atoms with Crippen LogP contribution in [0.4, 0.5) is 5.13 Å². The van der Waals surface area contributed by atoms with Gasteiger partial charge in [-0.15, -0.1) is 0 Å². The van der Waals surface area contributed by atoms with Crippen molar-refractivity contribution in [2.75, 3.05) is 5.32 Å². The first-order valence-corrected chi connectivity index (χ1v) is 6.03. The Morgan fingerprint density at radius 2 is 2.18 bits per heavy atom. The number of carbonyl (C=O) groups excluding carboxylic acids is 2. The fourth-order valence-electron chi connectivity index (χ4n) is 1.48. The van der Waals surface area contributed by atoms with Crippen molar-refractivity contribution in [1.29, 1.82) is 0 Å². The maximum atomic E-state index is 11.4. The van der Waals surface area contributed by atoms with Crippen LogP contribution in [-0.4, -0.2) is 16.7 Å². The van der Waals surface area contributed by atoms with E-state index in [-0.39, 0.29) is 18.1 Å². The molecule has 1 heterocycles. The topological polar surface area (TPSA) is 59.1 Å². The minimum absolute atomic E-state index is 0.102. The SMILES string of the molecule is CC(=O)CC(=O)Nc1nc2cc(C)ccc2s1. The van der Waals surface area contributed by atoms with E-state index in [0.29, 0.717) is 5.13 Å². The maximum Gasteiger partial charge on any atom is 0.233 e. The van der Waals surface area contributed by atoms with Crippen molar-refractivity contribution >= 4 is 38.4 Å².